The van der Waals surface area contributed by atoms with E-state index in [2.05, 4.69) is 28.8 Å². The van der Waals surface area contributed by atoms with Gasteiger partial charge in [0.05, 0.1) is 0 Å². The van der Waals surface area contributed by atoms with Crippen LogP contribution in [0.15, 0.2) is 29.4 Å². The smallest absolute Gasteiger partial charge is 0.119 e. The molecule has 5 heteroatoms. The molecule has 0 radical (unpaired) electrons. The zero-order chi connectivity index (χ0) is 12.5. The summed E-state index contributed by atoms with van der Waals surface area (Å²) < 4.78 is 5.60. The minimum atomic E-state index is 0.601. The van der Waals surface area contributed by atoms with E-state index in [4.69, 9.17) is 10.3 Å². The Morgan fingerprint density at radius 2 is 1.88 bits per heavy atom. The van der Waals surface area contributed by atoms with Gasteiger partial charge in [0.2, 0.25) is 0 Å². The number of hydrogen-bond acceptors (Lipinski definition) is 3. The lowest BCUT2D eigenvalue weighted by Gasteiger charge is -2.17. The summed E-state index contributed by atoms with van der Waals surface area (Å²) >= 11 is 0. The van der Waals surface area contributed by atoms with Gasteiger partial charge in [-0.25, -0.2) is 0 Å². The molecule has 0 aromatic heterocycles. The van der Waals surface area contributed by atoms with Gasteiger partial charge in [-0.05, 0) is 42.9 Å². The molecular weight excluding hydrogens is 216 g/mol. The van der Waals surface area contributed by atoms with Crippen molar-refractivity contribution < 1.29 is 4.74 Å². The van der Waals surface area contributed by atoms with E-state index >= 15 is 0 Å². The maximum atomic E-state index is 8.27. The van der Waals surface area contributed by atoms with Gasteiger partial charge in [-0.1, -0.05) is 19.0 Å². The highest BCUT2D eigenvalue weighted by Crippen LogP contribution is 2.17. The average Bonchev–Trinajstić information content (AvgIpc) is 2.37. The van der Waals surface area contributed by atoms with Gasteiger partial charge in [0.15, 0.2) is 0 Å². The molecule has 92 valence electrons. The van der Waals surface area contributed by atoms with Crippen molar-refractivity contribution in [1.29, 1.82) is 0 Å². The SMILES string of the molecule is CCN(CC)CCOc1ccc(N=[N+]=[N-])cc1. The molecule has 0 atom stereocenters. The van der Waals surface area contributed by atoms with Crippen molar-refractivity contribution in [1.82, 2.24) is 4.90 Å². The third kappa shape index (κ3) is 4.76. The van der Waals surface area contributed by atoms with E-state index in [0.29, 0.717) is 12.3 Å². The van der Waals surface area contributed by atoms with Crippen molar-refractivity contribution in [2.45, 2.75) is 13.8 Å². The highest BCUT2D eigenvalue weighted by atomic mass is 16.5. The van der Waals surface area contributed by atoms with Crippen molar-refractivity contribution in [2.75, 3.05) is 26.2 Å². The van der Waals surface area contributed by atoms with Crippen molar-refractivity contribution in [2.24, 2.45) is 5.11 Å². The molecule has 0 aliphatic carbocycles. The fourth-order valence-corrected chi connectivity index (χ4v) is 1.49. The molecule has 1 aromatic rings. The van der Waals surface area contributed by atoms with Gasteiger partial charge in [-0.2, -0.15) is 0 Å². The molecule has 1 rings (SSSR count). The standard InChI is InChI=1S/C12H18N4O/c1-3-16(4-2)9-10-17-12-7-5-11(6-8-12)14-15-13/h5-8H,3-4,9-10H2,1-2H3. The summed E-state index contributed by atoms with van der Waals surface area (Å²) in [6.45, 7) is 7.94. The fraction of sp³-hybridized carbons (Fsp3) is 0.500. The van der Waals surface area contributed by atoms with Crippen molar-refractivity contribution in [3.63, 3.8) is 0 Å². The molecule has 0 aliphatic rings. The van der Waals surface area contributed by atoms with Gasteiger partial charge in [0.1, 0.15) is 12.4 Å². The summed E-state index contributed by atoms with van der Waals surface area (Å²) in [6, 6.07) is 7.11. The van der Waals surface area contributed by atoms with Crippen LogP contribution < -0.4 is 4.74 Å². The third-order valence-corrected chi connectivity index (χ3v) is 2.57. The first-order valence-corrected chi connectivity index (χ1v) is 5.80. The van der Waals surface area contributed by atoms with Crippen molar-refractivity contribution in [3.05, 3.63) is 34.7 Å². The lowest BCUT2D eigenvalue weighted by atomic mass is 10.3. The Bertz CT molecular complexity index is 367. The third-order valence-electron chi connectivity index (χ3n) is 2.57. The normalized spacial score (nSPS) is 10.1. The summed E-state index contributed by atoms with van der Waals surface area (Å²) in [7, 11) is 0. The van der Waals surface area contributed by atoms with Gasteiger partial charge < -0.3 is 9.64 Å². The molecule has 0 bridgehead atoms. The van der Waals surface area contributed by atoms with Crippen LogP contribution >= 0.6 is 0 Å². The molecule has 0 fully saturated rings. The predicted molar refractivity (Wildman–Crippen MR) is 68.5 cm³/mol. The molecule has 1 aromatic carbocycles. The Morgan fingerprint density at radius 1 is 1.24 bits per heavy atom. The molecular formula is C12H18N4O. The minimum Gasteiger partial charge on any atom is -0.492 e. The van der Waals surface area contributed by atoms with E-state index in [0.717, 1.165) is 25.4 Å². The van der Waals surface area contributed by atoms with Crippen LogP contribution in [0.4, 0.5) is 5.69 Å². The van der Waals surface area contributed by atoms with E-state index in [9.17, 15) is 0 Å². The molecule has 0 saturated carbocycles. The van der Waals surface area contributed by atoms with Crippen LogP contribution in [0, 0.1) is 0 Å². The monoisotopic (exact) mass is 234 g/mol. The Labute approximate surface area is 102 Å². The van der Waals surface area contributed by atoms with Gasteiger partial charge in [-0.3, -0.25) is 0 Å². The number of nitrogens with zero attached hydrogens (tertiary/aromatic N) is 4. The van der Waals surface area contributed by atoms with Crippen LogP contribution in [0.25, 0.3) is 10.4 Å². The molecule has 0 saturated heterocycles. The quantitative estimate of drug-likeness (QED) is 0.412. The molecule has 5 nitrogen and oxygen atoms in total. The van der Waals surface area contributed by atoms with E-state index in [1.807, 2.05) is 12.1 Å². The number of ether oxygens (including phenoxy) is 1. The van der Waals surface area contributed by atoms with Crippen LogP contribution in [0.2, 0.25) is 0 Å². The second kappa shape index (κ2) is 7.54. The van der Waals surface area contributed by atoms with Crippen LogP contribution in [0.3, 0.4) is 0 Å². The summed E-state index contributed by atoms with van der Waals surface area (Å²) in [5.41, 5.74) is 8.87. The highest BCUT2D eigenvalue weighted by molar-refractivity contribution is 5.40. The molecule has 0 aliphatic heterocycles. The molecule has 0 heterocycles. The Balaban J connectivity index is 2.39. The van der Waals surface area contributed by atoms with Crippen molar-refractivity contribution in [3.8, 4) is 5.75 Å². The molecule has 0 N–H and O–H groups in total. The van der Waals surface area contributed by atoms with Gasteiger partial charge in [0, 0.05) is 17.1 Å². The molecule has 17 heavy (non-hydrogen) atoms. The van der Waals surface area contributed by atoms with E-state index in [1.54, 1.807) is 12.1 Å². The Morgan fingerprint density at radius 3 is 2.41 bits per heavy atom. The molecule has 0 unspecified atom stereocenters. The highest BCUT2D eigenvalue weighted by Gasteiger charge is 1.99. The van der Waals surface area contributed by atoms with Gasteiger partial charge in [-0.15, -0.1) is 0 Å². The predicted octanol–water partition coefficient (Wildman–Crippen LogP) is 3.35. The Hall–Kier alpha value is -1.71. The maximum absolute atomic E-state index is 8.27. The van der Waals surface area contributed by atoms with Crippen molar-refractivity contribution >= 4 is 5.69 Å². The van der Waals surface area contributed by atoms with Crippen LogP contribution in [-0.2, 0) is 0 Å². The zero-order valence-electron chi connectivity index (χ0n) is 10.3. The number of rotatable bonds is 7. The van der Waals surface area contributed by atoms with E-state index in [1.165, 1.54) is 0 Å². The minimum absolute atomic E-state index is 0.601. The Kier molecular flexibility index (Phi) is 5.93. The second-order valence-electron chi connectivity index (χ2n) is 3.56. The fourth-order valence-electron chi connectivity index (χ4n) is 1.49. The lowest BCUT2D eigenvalue weighted by Crippen LogP contribution is -2.27. The van der Waals surface area contributed by atoms with Crippen LogP contribution in [-0.4, -0.2) is 31.1 Å². The summed E-state index contributed by atoms with van der Waals surface area (Å²) in [4.78, 5) is 5.02. The first-order chi connectivity index (χ1) is 8.30. The summed E-state index contributed by atoms with van der Waals surface area (Å²) in [5, 5.41) is 3.50. The first-order valence-electron chi connectivity index (χ1n) is 5.80. The zero-order valence-corrected chi connectivity index (χ0v) is 10.3. The number of azide groups is 1. The largest absolute Gasteiger partial charge is 0.492 e. The van der Waals surface area contributed by atoms with Gasteiger partial charge >= 0.3 is 0 Å². The number of likely N-dealkylation sites (N-methyl/N-ethyl adjacent to an activating group) is 1. The topological polar surface area (TPSA) is 61.2 Å². The van der Waals surface area contributed by atoms with Crippen LogP contribution in [0.5, 0.6) is 5.75 Å². The lowest BCUT2D eigenvalue weighted by molar-refractivity contribution is 0.223. The number of benzene rings is 1. The van der Waals surface area contributed by atoms with E-state index < -0.39 is 0 Å². The van der Waals surface area contributed by atoms with Gasteiger partial charge in [0.25, 0.3) is 0 Å². The summed E-state index contributed by atoms with van der Waals surface area (Å²) in [5.74, 6) is 0.800. The molecule has 0 spiro atoms. The average molecular weight is 234 g/mol. The molecule has 0 amide bonds. The first kappa shape index (κ1) is 13.4. The van der Waals surface area contributed by atoms with Crippen LogP contribution in [0.1, 0.15) is 13.8 Å². The van der Waals surface area contributed by atoms with E-state index in [-0.39, 0.29) is 0 Å². The number of hydrogen-bond donors (Lipinski definition) is 0. The second-order valence-corrected chi connectivity index (χ2v) is 3.56. The maximum Gasteiger partial charge on any atom is 0.119 e. The summed E-state index contributed by atoms with van der Waals surface area (Å²) in [6.07, 6.45) is 0.